The van der Waals surface area contributed by atoms with Crippen molar-refractivity contribution in [3.63, 3.8) is 0 Å². The molecule has 7 nitrogen and oxygen atoms in total. The smallest absolute Gasteiger partial charge is 0.191 e. The highest BCUT2D eigenvalue weighted by Gasteiger charge is 2.00. The molecular formula is C16H24N6O. The number of aliphatic imine (C=N–C) groups is 1. The van der Waals surface area contributed by atoms with Crippen LogP contribution in [0.4, 0.5) is 0 Å². The summed E-state index contributed by atoms with van der Waals surface area (Å²) < 4.78 is 7.21. The summed E-state index contributed by atoms with van der Waals surface area (Å²) in [5, 5.41) is 14.2. The molecule has 1 heterocycles. The summed E-state index contributed by atoms with van der Waals surface area (Å²) in [4.78, 5) is 4.23. The van der Waals surface area contributed by atoms with Gasteiger partial charge in [0.15, 0.2) is 5.96 Å². The fourth-order valence-electron chi connectivity index (χ4n) is 2.15. The lowest BCUT2D eigenvalue weighted by molar-refractivity contribution is 0.414. The second-order valence-corrected chi connectivity index (χ2v) is 5.11. The van der Waals surface area contributed by atoms with Crippen LogP contribution >= 0.6 is 0 Å². The molecule has 2 N–H and O–H groups in total. The number of nitrogens with one attached hydrogen (secondary N) is 2. The minimum atomic E-state index is 0.706. The van der Waals surface area contributed by atoms with Crippen LogP contribution in [0.3, 0.4) is 0 Å². The fraction of sp³-hybridized carbons (Fsp3) is 0.438. The molecule has 7 heteroatoms. The largest absolute Gasteiger partial charge is 0.497 e. The van der Waals surface area contributed by atoms with E-state index in [0.717, 1.165) is 43.2 Å². The van der Waals surface area contributed by atoms with E-state index in [0.29, 0.717) is 6.54 Å². The van der Waals surface area contributed by atoms with Gasteiger partial charge in [0.25, 0.3) is 0 Å². The van der Waals surface area contributed by atoms with Gasteiger partial charge < -0.3 is 19.9 Å². The average molecular weight is 316 g/mol. The highest BCUT2D eigenvalue weighted by atomic mass is 16.5. The maximum atomic E-state index is 5.23. The van der Waals surface area contributed by atoms with Gasteiger partial charge in [-0.3, -0.25) is 4.99 Å². The van der Waals surface area contributed by atoms with Crippen molar-refractivity contribution in [3.05, 3.63) is 42.5 Å². The molecule has 124 valence electrons. The molecule has 2 rings (SSSR count). The standard InChI is InChI=1S/C16H24N6O/c1-17-16(18-8-3-4-9-22-12-20-21-13-22)19-11-14-6-5-7-15(10-14)23-2/h5-7,10,12-13H,3-4,8-9,11H2,1-2H3,(H2,17,18,19). The zero-order valence-corrected chi connectivity index (χ0v) is 13.7. The average Bonchev–Trinajstić information content (AvgIpc) is 3.11. The molecule has 0 saturated carbocycles. The first-order chi connectivity index (χ1) is 11.3. The third-order valence-corrected chi connectivity index (χ3v) is 3.42. The Labute approximate surface area is 136 Å². The molecule has 0 radical (unpaired) electrons. The SMILES string of the molecule is CN=C(NCCCCn1cnnc1)NCc1cccc(OC)c1. The molecule has 0 fully saturated rings. The first-order valence-electron chi connectivity index (χ1n) is 7.71. The van der Waals surface area contributed by atoms with Crippen molar-refractivity contribution in [1.29, 1.82) is 0 Å². The predicted octanol–water partition coefficient (Wildman–Crippen LogP) is 1.43. The molecule has 0 aliphatic heterocycles. The Morgan fingerprint density at radius 1 is 1.22 bits per heavy atom. The monoisotopic (exact) mass is 316 g/mol. The van der Waals surface area contributed by atoms with Crippen LogP contribution in [0.2, 0.25) is 0 Å². The number of rotatable bonds is 8. The van der Waals surface area contributed by atoms with E-state index < -0.39 is 0 Å². The Morgan fingerprint density at radius 2 is 2.04 bits per heavy atom. The maximum absolute atomic E-state index is 5.23. The van der Waals surface area contributed by atoms with E-state index in [2.05, 4.69) is 31.9 Å². The van der Waals surface area contributed by atoms with E-state index in [1.54, 1.807) is 26.8 Å². The van der Waals surface area contributed by atoms with Gasteiger partial charge in [-0.05, 0) is 30.5 Å². The highest BCUT2D eigenvalue weighted by Crippen LogP contribution is 2.11. The second-order valence-electron chi connectivity index (χ2n) is 5.11. The van der Waals surface area contributed by atoms with Gasteiger partial charge in [0, 0.05) is 26.7 Å². The Balaban J connectivity index is 1.64. The van der Waals surface area contributed by atoms with Crippen LogP contribution in [0.15, 0.2) is 41.9 Å². The van der Waals surface area contributed by atoms with Crippen molar-refractivity contribution in [2.75, 3.05) is 20.7 Å². The van der Waals surface area contributed by atoms with Crippen molar-refractivity contribution in [2.45, 2.75) is 25.9 Å². The van der Waals surface area contributed by atoms with Gasteiger partial charge in [-0.2, -0.15) is 0 Å². The number of ether oxygens (including phenoxy) is 1. The highest BCUT2D eigenvalue weighted by molar-refractivity contribution is 5.79. The minimum Gasteiger partial charge on any atom is -0.497 e. The second kappa shape index (κ2) is 9.45. The molecule has 0 atom stereocenters. The van der Waals surface area contributed by atoms with Crippen LogP contribution in [-0.2, 0) is 13.1 Å². The topological polar surface area (TPSA) is 76.4 Å². The summed E-state index contributed by atoms with van der Waals surface area (Å²) in [6.07, 6.45) is 5.60. The van der Waals surface area contributed by atoms with Gasteiger partial charge in [0.1, 0.15) is 18.4 Å². The van der Waals surface area contributed by atoms with E-state index in [-0.39, 0.29) is 0 Å². The quantitative estimate of drug-likeness (QED) is 0.438. The van der Waals surface area contributed by atoms with Crippen LogP contribution in [0.5, 0.6) is 5.75 Å². The molecule has 0 amide bonds. The fourth-order valence-corrected chi connectivity index (χ4v) is 2.15. The summed E-state index contributed by atoms with van der Waals surface area (Å²) in [6, 6.07) is 7.99. The van der Waals surface area contributed by atoms with Crippen LogP contribution < -0.4 is 15.4 Å². The van der Waals surface area contributed by atoms with Crippen molar-refractivity contribution in [1.82, 2.24) is 25.4 Å². The molecule has 1 aromatic carbocycles. The molecule has 0 spiro atoms. The van der Waals surface area contributed by atoms with Crippen LogP contribution in [-0.4, -0.2) is 41.4 Å². The first kappa shape index (κ1) is 16.8. The van der Waals surface area contributed by atoms with E-state index in [1.165, 1.54) is 0 Å². The Bertz CT molecular complexity index is 596. The number of methoxy groups -OCH3 is 1. The Hall–Kier alpha value is -2.57. The molecular weight excluding hydrogens is 292 g/mol. The summed E-state index contributed by atoms with van der Waals surface area (Å²) in [7, 11) is 3.45. The van der Waals surface area contributed by atoms with E-state index >= 15 is 0 Å². The molecule has 0 aliphatic rings. The van der Waals surface area contributed by atoms with Crippen LogP contribution in [0.1, 0.15) is 18.4 Å². The summed E-state index contributed by atoms with van der Waals surface area (Å²) in [6.45, 7) is 2.52. The zero-order valence-electron chi connectivity index (χ0n) is 13.7. The minimum absolute atomic E-state index is 0.706. The number of aryl methyl sites for hydroxylation is 1. The summed E-state index contributed by atoms with van der Waals surface area (Å²) >= 11 is 0. The van der Waals surface area contributed by atoms with E-state index in [4.69, 9.17) is 4.74 Å². The van der Waals surface area contributed by atoms with E-state index in [9.17, 15) is 0 Å². The molecule has 0 unspecified atom stereocenters. The number of aromatic nitrogens is 3. The Morgan fingerprint density at radius 3 is 2.78 bits per heavy atom. The maximum Gasteiger partial charge on any atom is 0.191 e. The third-order valence-electron chi connectivity index (χ3n) is 3.42. The number of hydrogen-bond acceptors (Lipinski definition) is 4. The first-order valence-corrected chi connectivity index (χ1v) is 7.71. The molecule has 0 bridgehead atoms. The molecule has 0 aliphatic carbocycles. The number of hydrogen-bond donors (Lipinski definition) is 2. The van der Waals surface area contributed by atoms with Crippen molar-refractivity contribution in [3.8, 4) is 5.75 Å². The van der Waals surface area contributed by atoms with Crippen LogP contribution in [0, 0.1) is 0 Å². The molecule has 0 saturated heterocycles. The lowest BCUT2D eigenvalue weighted by atomic mass is 10.2. The lowest BCUT2D eigenvalue weighted by Gasteiger charge is -2.12. The third kappa shape index (κ3) is 5.98. The molecule has 1 aromatic heterocycles. The van der Waals surface area contributed by atoms with E-state index in [1.807, 2.05) is 22.8 Å². The van der Waals surface area contributed by atoms with Gasteiger partial charge in [-0.25, -0.2) is 0 Å². The van der Waals surface area contributed by atoms with Crippen molar-refractivity contribution >= 4 is 5.96 Å². The Kier molecular flexibility index (Phi) is 6.90. The van der Waals surface area contributed by atoms with Crippen LogP contribution in [0.25, 0.3) is 0 Å². The lowest BCUT2D eigenvalue weighted by Crippen LogP contribution is -2.37. The van der Waals surface area contributed by atoms with Gasteiger partial charge in [0.05, 0.1) is 7.11 Å². The van der Waals surface area contributed by atoms with Crippen molar-refractivity contribution in [2.24, 2.45) is 4.99 Å². The number of benzene rings is 1. The summed E-state index contributed by atoms with van der Waals surface area (Å²) in [5.41, 5.74) is 1.15. The van der Waals surface area contributed by atoms with Gasteiger partial charge in [-0.1, -0.05) is 12.1 Å². The summed E-state index contributed by atoms with van der Waals surface area (Å²) in [5.74, 6) is 1.67. The normalized spacial score (nSPS) is 11.3. The van der Waals surface area contributed by atoms with Gasteiger partial charge in [0.2, 0.25) is 0 Å². The number of unbranched alkanes of at least 4 members (excludes halogenated alkanes) is 1. The number of guanidine groups is 1. The molecule has 23 heavy (non-hydrogen) atoms. The van der Waals surface area contributed by atoms with Gasteiger partial charge >= 0.3 is 0 Å². The predicted molar refractivity (Wildman–Crippen MR) is 90.5 cm³/mol. The van der Waals surface area contributed by atoms with Gasteiger partial charge in [-0.15, -0.1) is 10.2 Å². The van der Waals surface area contributed by atoms with Crippen molar-refractivity contribution < 1.29 is 4.74 Å². The number of nitrogens with zero attached hydrogens (tertiary/aromatic N) is 4. The zero-order chi connectivity index (χ0) is 16.3. The molecule has 2 aromatic rings.